The first-order valence-electron chi connectivity index (χ1n) is 8.90. The van der Waals surface area contributed by atoms with E-state index in [0.717, 1.165) is 33.5 Å². The minimum atomic E-state index is 0.0676. The van der Waals surface area contributed by atoms with Crippen molar-refractivity contribution in [3.63, 3.8) is 0 Å². The van der Waals surface area contributed by atoms with Gasteiger partial charge in [-0.1, -0.05) is 11.6 Å². The maximum Gasteiger partial charge on any atom is 0.244 e. The molecule has 1 aliphatic heterocycles. The molecule has 0 radical (unpaired) electrons. The number of anilines is 1. The van der Waals surface area contributed by atoms with Crippen molar-refractivity contribution in [3.05, 3.63) is 45.3 Å². The SMILES string of the molecule is COc1cc(N2CCN(C(=O)Cn3nc(I)c4ncccc43)CC2)ccc1Cl. The second kappa shape index (κ2) is 8.12. The third-order valence-electron chi connectivity index (χ3n) is 4.89. The van der Waals surface area contributed by atoms with Crippen LogP contribution < -0.4 is 9.64 Å². The van der Waals surface area contributed by atoms with E-state index in [1.807, 2.05) is 35.2 Å². The smallest absolute Gasteiger partial charge is 0.244 e. The molecule has 4 rings (SSSR count). The highest BCUT2D eigenvalue weighted by molar-refractivity contribution is 14.1. The molecule has 9 heteroatoms. The molecule has 0 aliphatic carbocycles. The van der Waals surface area contributed by atoms with Crippen molar-refractivity contribution in [1.82, 2.24) is 19.7 Å². The molecule has 1 aromatic carbocycles. The molecule has 1 fully saturated rings. The number of piperazine rings is 1. The van der Waals surface area contributed by atoms with Gasteiger partial charge in [0.15, 0.2) is 0 Å². The van der Waals surface area contributed by atoms with Gasteiger partial charge in [0.05, 0.1) is 17.6 Å². The molecule has 0 saturated carbocycles. The number of hydrogen-bond donors (Lipinski definition) is 0. The summed E-state index contributed by atoms with van der Waals surface area (Å²) in [5.74, 6) is 0.726. The number of rotatable bonds is 4. The third kappa shape index (κ3) is 3.75. The summed E-state index contributed by atoms with van der Waals surface area (Å²) in [5.41, 5.74) is 2.76. The number of hydrogen-bond acceptors (Lipinski definition) is 5. The van der Waals surface area contributed by atoms with Crippen LogP contribution >= 0.6 is 34.2 Å². The molecule has 0 N–H and O–H groups in total. The Hall–Kier alpha value is -2.07. The van der Waals surface area contributed by atoms with E-state index < -0.39 is 0 Å². The Labute approximate surface area is 181 Å². The van der Waals surface area contributed by atoms with Gasteiger partial charge in [0.1, 0.15) is 21.5 Å². The number of benzene rings is 1. The second-order valence-corrected chi connectivity index (χ2v) is 7.94. The Balaban J connectivity index is 1.41. The predicted octanol–water partition coefficient (Wildman–Crippen LogP) is 3.05. The molecule has 146 valence electrons. The quantitative estimate of drug-likeness (QED) is 0.504. The van der Waals surface area contributed by atoms with Gasteiger partial charge in [-0.05, 0) is 46.9 Å². The zero-order valence-corrected chi connectivity index (χ0v) is 18.2. The number of fused-ring (bicyclic) bond motifs is 1. The molecule has 2 aromatic heterocycles. The fraction of sp³-hybridized carbons (Fsp3) is 0.316. The summed E-state index contributed by atoms with van der Waals surface area (Å²) in [5, 5.41) is 5.06. The summed E-state index contributed by atoms with van der Waals surface area (Å²) < 4.78 is 7.85. The van der Waals surface area contributed by atoms with Crippen molar-refractivity contribution in [2.24, 2.45) is 0 Å². The molecular weight excluding hydrogens is 493 g/mol. The minimum absolute atomic E-state index is 0.0676. The van der Waals surface area contributed by atoms with Crippen molar-refractivity contribution in [2.75, 3.05) is 38.2 Å². The van der Waals surface area contributed by atoms with Crippen LogP contribution in [0.4, 0.5) is 5.69 Å². The molecule has 28 heavy (non-hydrogen) atoms. The van der Waals surface area contributed by atoms with Gasteiger partial charge < -0.3 is 14.5 Å². The van der Waals surface area contributed by atoms with E-state index in [2.05, 4.69) is 37.6 Å². The Morgan fingerprint density at radius 3 is 2.79 bits per heavy atom. The highest BCUT2D eigenvalue weighted by atomic mass is 127. The zero-order chi connectivity index (χ0) is 19.7. The lowest BCUT2D eigenvalue weighted by Gasteiger charge is -2.36. The third-order valence-corrected chi connectivity index (χ3v) is 5.92. The number of nitrogens with zero attached hydrogens (tertiary/aromatic N) is 5. The number of pyridine rings is 1. The molecule has 7 nitrogen and oxygen atoms in total. The molecule has 3 heterocycles. The van der Waals surface area contributed by atoms with Crippen molar-refractivity contribution in [3.8, 4) is 5.75 Å². The number of ether oxygens (including phenoxy) is 1. The molecule has 1 amide bonds. The van der Waals surface area contributed by atoms with Gasteiger partial charge in [-0.25, -0.2) is 0 Å². The van der Waals surface area contributed by atoms with Crippen LogP contribution in [0.25, 0.3) is 11.0 Å². The maximum absolute atomic E-state index is 12.8. The van der Waals surface area contributed by atoms with Crippen molar-refractivity contribution < 1.29 is 9.53 Å². The first-order valence-corrected chi connectivity index (χ1v) is 10.4. The normalized spacial score (nSPS) is 14.5. The first-order chi connectivity index (χ1) is 13.6. The van der Waals surface area contributed by atoms with Crippen molar-refractivity contribution >= 4 is 56.8 Å². The van der Waals surface area contributed by atoms with Gasteiger partial charge in [-0.2, -0.15) is 5.10 Å². The summed E-state index contributed by atoms with van der Waals surface area (Å²) in [6.07, 6.45) is 1.74. The standard InChI is InChI=1S/C19H19ClIN5O2/c1-28-16-11-13(4-5-14(16)20)24-7-9-25(10-8-24)17(27)12-26-15-3-2-6-22-18(15)19(21)23-26/h2-6,11H,7-10,12H2,1H3. The van der Waals surface area contributed by atoms with E-state index in [1.165, 1.54) is 0 Å². The summed E-state index contributed by atoms with van der Waals surface area (Å²) in [4.78, 5) is 21.3. The van der Waals surface area contributed by atoms with Crippen LogP contribution in [0.15, 0.2) is 36.5 Å². The average molecular weight is 512 g/mol. The van der Waals surface area contributed by atoms with Crippen LogP contribution in [0.3, 0.4) is 0 Å². The van der Waals surface area contributed by atoms with E-state index in [0.29, 0.717) is 23.9 Å². The van der Waals surface area contributed by atoms with Gasteiger partial charge in [0.2, 0.25) is 5.91 Å². The van der Waals surface area contributed by atoms with Crippen LogP contribution in [-0.2, 0) is 11.3 Å². The minimum Gasteiger partial charge on any atom is -0.495 e. The molecule has 0 atom stereocenters. The fourth-order valence-electron chi connectivity index (χ4n) is 3.38. The van der Waals surface area contributed by atoms with E-state index in [4.69, 9.17) is 16.3 Å². The maximum atomic E-state index is 12.8. The molecule has 1 saturated heterocycles. The summed E-state index contributed by atoms with van der Waals surface area (Å²) in [6, 6.07) is 9.56. The molecule has 3 aromatic rings. The average Bonchev–Trinajstić information content (AvgIpc) is 3.04. The van der Waals surface area contributed by atoms with Gasteiger partial charge >= 0.3 is 0 Å². The molecule has 0 bridgehead atoms. The Morgan fingerprint density at radius 1 is 1.25 bits per heavy atom. The van der Waals surface area contributed by atoms with Crippen molar-refractivity contribution in [2.45, 2.75) is 6.54 Å². The van der Waals surface area contributed by atoms with E-state index >= 15 is 0 Å². The Kier molecular flexibility index (Phi) is 5.58. The van der Waals surface area contributed by atoms with E-state index in [-0.39, 0.29) is 12.5 Å². The number of aromatic nitrogens is 3. The summed E-state index contributed by atoms with van der Waals surface area (Å²) in [7, 11) is 1.61. The first kappa shape index (κ1) is 19.3. The lowest BCUT2D eigenvalue weighted by Crippen LogP contribution is -2.49. The van der Waals surface area contributed by atoms with Gasteiger partial charge in [-0.3, -0.25) is 14.5 Å². The number of halogens is 2. The van der Waals surface area contributed by atoms with Crippen LogP contribution in [-0.4, -0.2) is 58.9 Å². The van der Waals surface area contributed by atoms with E-state index in [1.54, 1.807) is 18.0 Å². The van der Waals surface area contributed by atoms with Gasteiger partial charge in [-0.15, -0.1) is 0 Å². The number of carbonyl (C=O) groups is 1. The van der Waals surface area contributed by atoms with Crippen LogP contribution in [0.5, 0.6) is 5.75 Å². The van der Waals surface area contributed by atoms with Gasteiger partial charge in [0.25, 0.3) is 0 Å². The van der Waals surface area contributed by atoms with Gasteiger partial charge in [0, 0.05) is 44.1 Å². The Morgan fingerprint density at radius 2 is 2.04 bits per heavy atom. The highest BCUT2D eigenvalue weighted by Crippen LogP contribution is 2.29. The largest absolute Gasteiger partial charge is 0.495 e. The monoisotopic (exact) mass is 511 g/mol. The van der Waals surface area contributed by atoms with Crippen LogP contribution in [0, 0.1) is 3.70 Å². The predicted molar refractivity (Wildman–Crippen MR) is 117 cm³/mol. The molecular formula is C19H19ClIN5O2. The van der Waals surface area contributed by atoms with E-state index in [9.17, 15) is 4.79 Å². The summed E-state index contributed by atoms with van der Waals surface area (Å²) in [6.45, 7) is 3.07. The number of carbonyl (C=O) groups excluding carboxylic acids is 1. The lowest BCUT2D eigenvalue weighted by molar-refractivity contribution is -0.132. The number of amides is 1. The molecule has 0 spiro atoms. The Bertz CT molecular complexity index is 1020. The fourth-order valence-corrected chi connectivity index (χ4v) is 4.25. The topological polar surface area (TPSA) is 63.5 Å². The highest BCUT2D eigenvalue weighted by Gasteiger charge is 2.23. The number of methoxy groups -OCH3 is 1. The summed E-state index contributed by atoms with van der Waals surface area (Å²) >= 11 is 8.26. The van der Waals surface area contributed by atoms with Crippen LogP contribution in [0.1, 0.15) is 0 Å². The molecule has 0 unspecified atom stereocenters. The van der Waals surface area contributed by atoms with Crippen molar-refractivity contribution in [1.29, 1.82) is 0 Å². The second-order valence-electron chi connectivity index (χ2n) is 6.51. The lowest BCUT2D eigenvalue weighted by atomic mass is 10.2. The zero-order valence-electron chi connectivity index (χ0n) is 15.3. The van der Waals surface area contributed by atoms with Crippen LogP contribution in [0.2, 0.25) is 5.02 Å². The molecule has 1 aliphatic rings.